The number of nitrogens with zero attached hydrogens (tertiary/aromatic N) is 1. The highest BCUT2D eigenvalue weighted by Gasteiger charge is 2.12. The van der Waals surface area contributed by atoms with E-state index in [0.717, 1.165) is 6.42 Å². The molecule has 0 aliphatic rings. The van der Waals surface area contributed by atoms with Crippen molar-refractivity contribution in [2.45, 2.75) is 25.8 Å². The van der Waals surface area contributed by atoms with Crippen LogP contribution in [0.5, 0.6) is 0 Å². The maximum Gasteiger partial charge on any atom is 0.269 e. The lowest BCUT2D eigenvalue weighted by Crippen LogP contribution is -2.34. The van der Waals surface area contributed by atoms with Crippen molar-refractivity contribution in [1.82, 2.24) is 5.32 Å². The Labute approximate surface area is 105 Å². The van der Waals surface area contributed by atoms with Gasteiger partial charge in [-0.1, -0.05) is 6.92 Å². The van der Waals surface area contributed by atoms with Crippen LogP contribution in [-0.4, -0.2) is 16.9 Å². The Morgan fingerprint density at radius 1 is 1.50 bits per heavy atom. The summed E-state index contributed by atoms with van der Waals surface area (Å²) in [6, 6.07) is 5.39. The van der Waals surface area contributed by atoms with Gasteiger partial charge in [0.2, 0.25) is 0 Å². The Morgan fingerprint density at radius 2 is 2.11 bits per heavy atom. The molecule has 0 aliphatic heterocycles. The number of rotatable bonds is 5. The van der Waals surface area contributed by atoms with Crippen LogP contribution in [0.25, 0.3) is 0 Å². The Hall–Kier alpha value is -2.35. The number of carbonyl (C=O) groups excluding carboxylic acids is 1. The molecule has 0 bridgehead atoms. The second kappa shape index (κ2) is 6.40. The second-order valence-corrected chi connectivity index (χ2v) is 3.79. The zero-order valence-electron chi connectivity index (χ0n) is 10.1. The molecular weight excluding hydrogens is 232 g/mol. The molecule has 0 aromatic heterocycles. The van der Waals surface area contributed by atoms with Crippen molar-refractivity contribution in [1.29, 1.82) is 0 Å². The fourth-order valence-electron chi connectivity index (χ4n) is 1.44. The van der Waals surface area contributed by atoms with E-state index in [1.807, 2.05) is 6.92 Å². The van der Waals surface area contributed by atoms with E-state index in [9.17, 15) is 14.9 Å². The van der Waals surface area contributed by atoms with Crippen molar-refractivity contribution in [2.75, 3.05) is 0 Å². The predicted octanol–water partition coefficient (Wildman–Crippen LogP) is 2.13. The molecule has 94 valence electrons. The second-order valence-electron chi connectivity index (χ2n) is 3.79. The molecule has 18 heavy (non-hydrogen) atoms. The fraction of sp³-hybridized carbons (Fsp3) is 0.308. The van der Waals surface area contributed by atoms with Gasteiger partial charge in [-0.15, -0.1) is 12.3 Å². The lowest BCUT2D eigenvalue weighted by atomic mass is 10.1. The molecule has 1 N–H and O–H groups in total. The molecule has 0 aliphatic carbocycles. The number of benzene rings is 1. The number of amides is 1. The number of nitrogens with one attached hydrogen (secondary N) is 1. The molecule has 0 radical (unpaired) electrons. The van der Waals surface area contributed by atoms with Crippen LogP contribution >= 0.6 is 0 Å². The molecule has 0 fully saturated rings. The molecule has 5 nitrogen and oxygen atoms in total. The van der Waals surface area contributed by atoms with Gasteiger partial charge in [0.15, 0.2) is 0 Å². The van der Waals surface area contributed by atoms with Crippen molar-refractivity contribution in [3.05, 3.63) is 39.9 Å². The van der Waals surface area contributed by atoms with Crippen molar-refractivity contribution in [2.24, 2.45) is 0 Å². The van der Waals surface area contributed by atoms with Crippen LogP contribution < -0.4 is 5.32 Å². The monoisotopic (exact) mass is 246 g/mol. The third kappa shape index (κ3) is 3.59. The molecule has 1 rings (SSSR count). The third-order valence-electron chi connectivity index (χ3n) is 2.53. The number of nitro groups is 1. The van der Waals surface area contributed by atoms with Gasteiger partial charge in [-0.3, -0.25) is 14.9 Å². The van der Waals surface area contributed by atoms with Crippen LogP contribution in [-0.2, 0) is 0 Å². The Morgan fingerprint density at radius 3 is 2.56 bits per heavy atom. The van der Waals surface area contributed by atoms with E-state index in [4.69, 9.17) is 6.42 Å². The summed E-state index contributed by atoms with van der Waals surface area (Å²) in [4.78, 5) is 21.8. The van der Waals surface area contributed by atoms with Crippen LogP contribution in [0, 0.1) is 22.5 Å². The molecule has 1 aromatic carbocycles. The van der Waals surface area contributed by atoms with Gasteiger partial charge in [0.05, 0.1) is 4.92 Å². The van der Waals surface area contributed by atoms with E-state index in [0.29, 0.717) is 12.0 Å². The smallest absolute Gasteiger partial charge is 0.269 e. The number of carbonyl (C=O) groups is 1. The van der Waals surface area contributed by atoms with E-state index in [2.05, 4.69) is 11.2 Å². The molecule has 1 amide bonds. The van der Waals surface area contributed by atoms with Crippen LogP contribution in [0.2, 0.25) is 0 Å². The minimum absolute atomic E-state index is 0.0396. The Balaban J connectivity index is 2.72. The molecule has 1 atom stereocenters. The molecular formula is C13H14N2O3. The lowest BCUT2D eigenvalue weighted by Gasteiger charge is -2.13. The van der Waals surface area contributed by atoms with Crippen LogP contribution in [0.15, 0.2) is 24.3 Å². The van der Waals surface area contributed by atoms with Gasteiger partial charge in [0, 0.05) is 30.2 Å². The Bertz CT molecular complexity index is 474. The zero-order valence-corrected chi connectivity index (χ0v) is 10.1. The normalized spacial score (nSPS) is 11.3. The van der Waals surface area contributed by atoms with Crippen molar-refractivity contribution < 1.29 is 9.72 Å². The number of nitro benzene ring substituents is 1. The third-order valence-corrected chi connectivity index (χ3v) is 2.53. The van der Waals surface area contributed by atoms with E-state index >= 15 is 0 Å². The molecule has 0 spiro atoms. The van der Waals surface area contributed by atoms with Gasteiger partial charge in [0.25, 0.3) is 11.6 Å². The van der Waals surface area contributed by atoms with E-state index in [1.54, 1.807) is 0 Å². The van der Waals surface area contributed by atoms with Gasteiger partial charge >= 0.3 is 0 Å². The van der Waals surface area contributed by atoms with Gasteiger partial charge < -0.3 is 5.32 Å². The molecule has 0 saturated heterocycles. The van der Waals surface area contributed by atoms with Crippen LogP contribution in [0.4, 0.5) is 5.69 Å². The topological polar surface area (TPSA) is 72.2 Å². The van der Waals surface area contributed by atoms with Crippen molar-refractivity contribution >= 4 is 11.6 Å². The fourth-order valence-corrected chi connectivity index (χ4v) is 1.44. The van der Waals surface area contributed by atoms with E-state index in [1.165, 1.54) is 24.3 Å². The number of non-ortho nitro benzene ring substituents is 1. The van der Waals surface area contributed by atoms with Crippen molar-refractivity contribution in [3.63, 3.8) is 0 Å². The summed E-state index contributed by atoms with van der Waals surface area (Å²) in [5.74, 6) is 2.22. The highest BCUT2D eigenvalue weighted by molar-refractivity contribution is 5.94. The van der Waals surface area contributed by atoms with E-state index < -0.39 is 4.92 Å². The van der Waals surface area contributed by atoms with Crippen molar-refractivity contribution in [3.8, 4) is 12.3 Å². The minimum atomic E-state index is -0.505. The van der Waals surface area contributed by atoms with Gasteiger partial charge in [0.1, 0.15) is 0 Å². The summed E-state index contributed by atoms with van der Waals surface area (Å²) in [5.41, 5.74) is 0.346. The minimum Gasteiger partial charge on any atom is -0.348 e. The zero-order chi connectivity index (χ0) is 13.5. The molecule has 1 unspecified atom stereocenters. The summed E-state index contributed by atoms with van der Waals surface area (Å²) in [7, 11) is 0. The van der Waals surface area contributed by atoms with Gasteiger partial charge in [-0.2, -0.15) is 0 Å². The van der Waals surface area contributed by atoms with Crippen LogP contribution in [0.3, 0.4) is 0 Å². The highest BCUT2D eigenvalue weighted by Crippen LogP contribution is 2.12. The summed E-state index contributed by atoms with van der Waals surface area (Å²) < 4.78 is 0. The number of terminal acetylenes is 1. The predicted molar refractivity (Wildman–Crippen MR) is 68.1 cm³/mol. The maximum atomic E-state index is 11.8. The number of hydrogen-bond donors (Lipinski definition) is 1. The summed E-state index contributed by atoms with van der Waals surface area (Å²) >= 11 is 0. The largest absolute Gasteiger partial charge is 0.348 e. The SMILES string of the molecule is C#CCC(CC)NC(=O)c1ccc([N+](=O)[O-])cc1. The lowest BCUT2D eigenvalue weighted by molar-refractivity contribution is -0.384. The highest BCUT2D eigenvalue weighted by atomic mass is 16.6. The summed E-state index contributed by atoms with van der Waals surface area (Å²) in [6.45, 7) is 1.93. The summed E-state index contributed by atoms with van der Waals surface area (Å²) in [6.07, 6.45) is 6.40. The van der Waals surface area contributed by atoms with Gasteiger partial charge in [-0.05, 0) is 18.6 Å². The molecule has 1 aromatic rings. The average molecular weight is 246 g/mol. The number of hydrogen-bond acceptors (Lipinski definition) is 3. The first-order chi connectivity index (χ1) is 8.58. The van der Waals surface area contributed by atoms with Crippen LogP contribution in [0.1, 0.15) is 30.1 Å². The first-order valence-corrected chi connectivity index (χ1v) is 5.57. The quantitative estimate of drug-likeness (QED) is 0.491. The Kier molecular flexibility index (Phi) is 4.88. The molecule has 5 heteroatoms. The summed E-state index contributed by atoms with van der Waals surface area (Å²) in [5, 5.41) is 13.3. The van der Waals surface area contributed by atoms with Gasteiger partial charge in [-0.25, -0.2) is 0 Å². The first kappa shape index (κ1) is 13.7. The first-order valence-electron chi connectivity index (χ1n) is 5.57. The molecule has 0 heterocycles. The molecule has 0 saturated carbocycles. The average Bonchev–Trinajstić information content (AvgIpc) is 2.38. The maximum absolute atomic E-state index is 11.8. The standard InChI is InChI=1S/C13H14N2O3/c1-3-5-11(4-2)14-13(16)10-6-8-12(9-7-10)15(17)18/h1,6-9,11H,4-5H2,2H3,(H,14,16). The van der Waals surface area contributed by atoms with E-state index in [-0.39, 0.29) is 17.6 Å².